The number of ether oxygens (including phenoxy) is 2. The first-order chi connectivity index (χ1) is 8.36. The number of fused-ring (bicyclic) bond motifs is 2. The van der Waals surface area contributed by atoms with Crippen molar-refractivity contribution in [2.75, 3.05) is 6.61 Å². The molecule has 0 bridgehead atoms. The van der Waals surface area contributed by atoms with Gasteiger partial charge in [0.2, 0.25) is 0 Å². The molecule has 2 nitrogen and oxygen atoms in total. The minimum atomic E-state index is -0.0753. The highest BCUT2D eigenvalue weighted by Crippen LogP contribution is 2.32. The molecular weight excluding hydrogens is 212 g/mol. The zero-order valence-electron chi connectivity index (χ0n) is 9.98. The number of hydrogen-bond acceptors (Lipinski definition) is 2. The summed E-state index contributed by atoms with van der Waals surface area (Å²) in [6, 6.07) is 12.7. The molecule has 0 saturated carbocycles. The summed E-state index contributed by atoms with van der Waals surface area (Å²) in [5.74, 6) is 0.980. The molecule has 0 saturated heterocycles. The van der Waals surface area contributed by atoms with Gasteiger partial charge in [-0.1, -0.05) is 24.3 Å². The van der Waals surface area contributed by atoms with Gasteiger partial charge >= 0.3 is 0 Å². The van der Waals surface area contributed by atoms with Crippen molar-refractivity contribution in [1.82, 2.24) is 0 Å². The summed E-state index contributed by atoms with van der Waals surface area (Å²) in [5.41, 5.74) is 1.29. The topological polar surface area (TPSA) is 18.5 Å². The lowest BCUT2D eigenvalue weighted by Gasteiger charge is -2.26. The van der Waals surface area contributed by atoms with Gasteiger partial charge in [0.05, 0.1) is 0 Å². The average Bonchev–Trinajstić information content (AvgIpc) is 2.36. The normalized spacial score (nSPS) is 18.8. The van der Waals surface area contributed by atoms with Crippen LogP contribution in [0.4, 0.5) is 0 Å². The Morgan fingerprint density at radius 3 is 2.76 bits per heavy atom. The first-order valence-electron chi connectivity index (χ1n) is 6.17. The molecule has 1 aliphatic rings. The van der Waals surface area contributed by atoms with E-state index < -0.39 is 0 Å². The van der Waals surface area contributed by atoms with Gasteiger partial charge in [-0.2, -0.15) is 0 Å². The number of aryl methyl sites for hydroxylation is 1. The highest BCUT2D eigenvalue weighted by molar-refractivity contribution is 5.85. The van der Waals surface area contributed by atoms with E-state index in [0.717, 1.165) is 18.6 Å². The van der Waals surface area contributed by atoms with Crippen LogP contribution in [0.1, 0.15) is 18.9 Å². The molecule has 0 N–H and O–H groups in total. The Balaban J connectivity index is 1.99. The molecule has 0 aliphatic carbocycles. The maximum atomic E-state index is 5.86. The molecule has 2 aromatic rings. The Bertz CT molecular complexity index is 533. The number of benzene rings is 2. The van der Waals surface area contributed by atoms with E-state index in [0.29, 0.717) is 6.61 Å². The fourth-order valence-electron chi connectivity index (χ4n) is 2.35. The standard InChI is InChI=1S/C15H16O2/c1-2-16-15-8-7-13-9-11-5-3-4-6-12(11)10-14(13)17-15/h3-6,9-10,15H,2,7-8H2,1H3. The molecule has 1 aliphatic heterocycles. The zero-order valence-corrected chi connectivity index (χ0v) is 9.98. The summed E-state index contributed by atoms with van der Waals surface area (Å²) in [6.07, 6.45) is 1.90. The molecular formula is C15H16O2. The third-order valence-corrected chi connectivity index (χ3v) is 3.19. The summed E-state index contributed by atoms with van der Waals surface area (Å²) in [7, 11) is 0. The van der Waals surface area contributed by atoms with Crippen molar-refractivity contribution in [3.05, 3.63) is 42.0 Å². The minimum Gasteiger partial charge on any atom is -0.465 e. The number of hydrogen-bond donors (Lipinski definition) is 0. The van der Waals surface area contributed by atoms with Gasteiger partial charge in [0.15, 0.2) is 6.29 Å². The van der Waals surface area contributed by atoms with Gasteiger partial charge in [0, 0.05) is 13.0 Å². The molecule has 1 unspecified atom stereocenters. The Labute approximate surface area is 101 Å². The van der Waals surface area contributed by atoms with Gasteiger partial charge in [-0.3, -0.25) is 0 Å². The zero-order chi connectivity index (χ0) is 11.7. The smallest absolute Gasteiger partial charge is 0.200 e. The predicted molar refractivity (Wildman–Crippen MR) is 68.3 cm³/mol. The van der Waals surface area contributed by atoms with Gasteiger partial charge in [-0.25, -0.2) is 0 Å². The maximum absolute atomic E-state index is 5.86. The first kappa shape index (κ1) is 10.6. The average molecular weight is 228 g/mol. The summed E-state index contributed by atoms with van der Waals surface area (Å²) in [5, 5.41) is 2.51. The molecule has 0 fully saturated rings. The fraction of sp³-hybridized carbons (Fsp3) is 0.333. The van der Waals surface area contributed by atoms with E-state index in [9.17, 15) is 0 Å². The lowest BCUT2D eigenvalue weighted by Crippen LogP contribution is -2.25. The molecule has 3 rings (SSSR count). The van der Waals surface area contributed by atoms with E-state index >= 15 is 0 Å². The van der Waals surface area contributed by atoms with Crippen molar-refractivity contribution in [3.8, 4) is 5.75 Å². The second-order valence-electron chi connectivity index (χ2n) is 4.35. The molecule has 17 heavy (non-hydrogen) atoms. The monoisotopic (exact) mass is 228 g/mol. The van der Waals surface area contributed by atoms with Crippen molar-refractivity contribution in [1.29, 1.82) is 0 Å². The summed E-state index contributed by atoms with van der Waals surface area (Å²) in [4.78, 5) is 0. The van der Waals surface area contributed by atoms with Crippen LogP contribution in [0.5, 0.6) is 5.75 Å². The molecule has 2 heteroatoms. The molecule has 0 spiro atoms. The van der Waals surface area contributed by atoms with Crippen molar-refractivity contribution in [2.24, 2.45) is 0 Å². The second-order valence-corrected chi connectivity index (χ2v) is 4.35. The summed E-state index contributed by atoms with van der Waals surface area (Å²) >= 11 is 0. The largest absolute Gasteiger partial charge is 0.465 e. The van der Waals surface area contributed by atoms with Crippen LogP contribution in [-0.2, 0) is 11.2 Å². The molecule has 1 heterocycles. The third-order valence-electron chi connectivity index (χ3n) is 3.19. The van der Waals surface area contributed by atoms with Crippen molar-refractivity contribution >= 4 is 10.8 Å². The van der Waals surface area contributed by atoms with Crippen LogP contribution in [0.2, 0.25) is 0 Å². The van der Waals surface area contributed by atoms with Crippen molar-refractivity contribution in [2.45, 2.75) is 26.1 Å². The molecule has 0 radical (unpaired) electrons. The second kappa shape index (κ2) is 4.38. The van der Waals surface area contributed by atoms with E-state index in [4.69, 9.17) is 9.47 Å². The maximum Gasteiger partial charge on any atom is 0.200 e. The summed E-state index contributed by atoms with van der Waals surface area (Å²) < 4.78 is 11.4. The lowest BCUT2D eigenvalue weighted by molar-refractivity contribution is -0.0860. The quantitative estimate of drug-likeness (QED) is 0.783. The Kier molecular flexibility index (Phi) is 2.73. The third kappa shape index (κ3) is 2.01. The highest BCUT2D eigenvalue weighted by Gasteiger charge is 2.19. The summed E-state index contributed by atoms with van der Waals surface area (Å²) in [6.45, 7) is 2.70. The van der Waals surface area contributed by atoms with E-state index in [-0.39, 0.29) is 6.29 Å². The molecule has 2 aromatic carbocycles. The lowest BCUT2D eigenvalue weighted by atomic mass is 10.0. The Morgan fingerprint density at radius 2 is 2.00 bits per heavy atom. The van der Waals surface area contributed by atoms with Gasteiger partial charge in [-0.05, 0) is 41.8 Å². The SMILES string of the molecule is CCOC1CCc2cc3ccccc3cc2O1. The van der Waals surface area contributed by atoms with Crippen LogP contribution in [0.15, 0.2) is 36.4 Å². The minimum absolute atomic E-state index is 0.0753. The van der Waals surface area contributed by atoms with Gasteiger partial charge < -0.3 is 9.47 Å². The molecule has 88 valence electrons. The van der Waals surface area contributed by atoms with Gasteiger partial charge in [-0.15, -0.1) is 0 Å². The molecule has 0 amide bonds. The number of rotatable bonds is 2. The van der Waals surface area contributed by atoms with Crippen LogP contribution in [0, 0.1) is 0 Å². The predicted octanol–water partition coefficient (Wildman–Crippen LogP) is 3.53. The van der Waals surface area contributed by atoms with E-state index in [1.807, 2.05) is 6.92 Å². The van der Waals surface area contributed by atoms with E-state index in [1.165, 1.54) is 16.3 Å². The van der Waals surface area contributed by atoms with Crippen LogP contribution in [0.3, 0.4) is 0 Å². The fourth-order valence-corrected chi connectivity index (χ4v) is 2.35. The van der Waals surface area contributed by atoms with Crippen LogP contribution < -0.4 is 4.74 Å². The Hall–Kier alpha value is -1.54. The van der Waals surface area contributed by atoms with Crippen molar-refractivity contribution < 1.29 is 9.47 Å². The van der Waals surface area contributed by atoms with Gasteiger partial charge in [0.25, 0.3) is 0 Å². The van der Waals surface area contributed by atoms with Gasteiger partial charge in [0.1, 0.15) is 5.75 Å². The first-order valence-corrected chi connectivity index (χ1v) is 6.17. The van der Waals surface area contributed by atoms with Crippen LogP contribution in [-0.4, -0.2) is 12.9 Å². The van der Waals surface area contributed by atoms with Crippen molar-refractivity contribution in [3.63, 3.8) is 0 Å². The van der Waals surface area contributed by atoms with E-state index in [1.54, 1.807) is 0 Å². The highest BCUT2D eigenvalue weighted by atomic mass is 16.7. The van der Waals surface area contributed by atoms with Crippen LogP contribution in [0.25, 0.3) is 10.8 Å². The van der Waals surface area contributed by atoms with Crippen LogP contribution >= 0.6 is 0 Å². The molecule has 1 atom stereocenters. The molecule has 0 aromatic heterocycles. The Morgan fingerprint density at radius 1 is 1.24 bits per heavy atom. The van der Waals surface area contributed by atoms with E-state index in [2.05, 4.69) is 36.4 Å².